The van der Waals surface area contributed by atoms with Crippen LogP contribution in [0.15, 0.2) is 0 Å². The summed E-state index contributed by atoms with van der Waals surface area (Å²) in [7, 11) is 0. The molecule has 3 atom stereocenters. The summed E-state index contributed by atoms with van der Waals surface area (Å²) in [5.41, 5.74) is 5.56. The predicted octanol–water partition coefficient (Wildman–Crippen LogP) is 0.265. The number of hydrogen-bond donors (Lipinski definition) is 2. The second kappa shape index (κ2) is 5.32. The van der Waals surface area contributed by atoms with Gasteiger partial charge in [0.15, 0.2) is 0 Å². The van der Waals surface area contributed by atoms with E-state index in [-0.39, 0.29) is 24.0 Å². The summed E-state index contributed by atoms with van der Waals surface area (Å²) < 4.78 is 5.45. The molecule has 0 aromatic rings. The molecule has 0 radical (unpaired) electrons. The van der Waals surface area contributed by atoms with Crippen molar-refractivity contribution in [2.75, 3.05) is 13.2 Å². The van der Waals surface area contributed by atoms with E-state index in [1.54, 1.807) is 0 Å². The monoisotopic (exact) mass is 200 g/mol. The van der Waals surface area contributed by atoms with Gasteiger partial charge in [0.05, 0.1) is 12.0 Å². The first-order chi connectivity index (χ1) is 6.65. The molecule has 0 spiro atoms. The van der Waals surface area contributed by atoms with Gasteiger partial charge in [0.1, 0.15) is 0 Å². The van der Waals surface area contributed by atoms with Crippen molar-refractivity contribution in [1.29, 1.82) is 0 Å². The number of carbonyl (C=O) groups is 1. The second-order valence-corrected chi connectivity index (χ2v) is 3.94. The molecule has 0 aromatic carbocycles. The Morgan fingerprint density at radius 3 is 3.00 bits per heavy atom. The van der Waals surface area contributed by atoms with Crippen LogP contribution in [0.2, 0.25) is 0 Å². The van der Waals surface area contributed by atoms with E-state index in [0.29, 0.717) is 13.2 Å². The first-order valence-corrected chi connectivity index (χ1v) is 5.30. The SMILES string of the molecule is CCC1OCCC1C(=O)NCC(C)N. The number of ether oxygens (including phenoxy) is 1. The first-order valence-electron chi connectivity index (χ1n) is 5.30. The Morgan fingerprint density at radius 2 is 2.43 bits per heavy atom. The van der Waals surface area contributed by atoms with Gasteiger partial charge in [-0.2, -0.15) is 0 Å². The van der Waals surface area contributed by atoms with Crippen LogP contribution in [-0.4, -0.2) is 31.2 Å². The van der Waals surface area contributed by atoms with Crippen molar-refractivity contribution in [3.05, 3.63) is 0 Å². The molecule has 1 heterocycles. The summed E-state index contributed by atoms with van der Waals surface area (Å²) in [4.78, 5) is 11.7. The van der Waals surface area contributed by atoms with Crippen LogP contribution < -0.4 is 11.1 Å². The molecule has 4 heteroatoms. The highest BCUT2D eigenvalue weighted by Crippen LogP contribution is 2.23. The summed E-state index contributed by atoms with van der Waals surface area (Å²) in [6.45, 7) is 5.17. The highest BCUT2D eigenvalue weighted by molar-refractivity contribution is 5.79. The molecule has 4 nitrogen and oxygen atoms in total. The van der Waals surface area contributed by atoms with Crippen molar-refractivity contribution in [3.8, 4) is 0 Å². The van der Waals surface area contributed by atoms with E-state index in [0.717, 1.165) is 12.8 Å². The minimum absolute atomic E-state index is 0.0151. The summed E-state index contributed by atoms with van der Waals surface area (Å²) in [5.74, 6) is 0.116. The molecule has 14 heavy (non-hydrogen) atoms. The van der Waals surface area contributed by atoms with E-state index in [9.17, 15) is 4.79 Å². The molecule has 0 aliphatic carbocycles. The van der Waals surface area contributed by atoms with Crippen molar-refractivity contribution < 1.29 is 9.53 Å². The van der Waals surface area contributed by atoms with Crippen LogP contribution in [0.4, 0.5) is 0 Å². The normalized spacial score (nSPS) is 28.8. The van der Waals surface area contributed by atoms with Crippen LogP contribution >= 0.6 is 0 Å². The number of nitrogens with two attached hydrogens (primary N) is 1. The molecule has 1 rings (SSSR count). The Balaban J connectivity index is 2.35. The van der Waals surface area contributed by atoms with Crippen molar-refractivity contribution in [2.45, 2.75) is 38.8 Å². The molecule has 1 saturated heterocycles. The minimum atomic E-state index is 0.0151. The maximum absolute atomic E-state index is 11.7. The molecule has 82 valence electrons. The average molecular weight is 200 g/mol. The quantitative estimate of drug-likeness (QED) is 0.684. The molecule has 1 fully saturated rings. The molecule has 0 aromatic heterocycles. The molecule has 1 aliphatic heterocycles. The summed E-state index contributed by atoms with van der Waals surface area (Å²) in [6, 6.07) is 0.0151. The van der Waals surface area contributed by atoms with Gasteiger partial charge in [-0.1, -0.05) is 6.92 Å². The van der Waals surface area contributed by atoms with E-state index in [2.05, 4.69) is 5.32 Å². The molecular formula is C10H20N2O2. The fourth-order valence-corrected chi connectivity index (χ4v) is 1.74. The Bertz CT molecular complexity index is 195. The maximum Gasteiger partial charge on any atom is 0.225 e. The van der Waals surface area contributed by atoms with Crippen molar-refractivity contribution in [1.82, 2.24) is 5.32 Å². The zero-order valence-corrected chi connectivity index (χ0v) is 8.95. The first kappa shape index (κ1) is 11.5. The molecule has 1 amide bonds. The van der Waals surface area contributed by atoms with Gasteiger partial charge in [0.25, 0.3) is 0 Å². The fourth-order valence-electron chi connectivity index (χ4n) is 1.74. The predicted molar refractivity (Wildman–Crippen MR) is 54.8 cm³/mol. The lowest BCUT2D eigenvalue weighted by Crippen LogP contribution is -2.40. The number of nitrogens with one attached hydrogen (secondary N) is 1. The van der Waals surface area contributed by atoms with Gasteiger partial charge < -0.3 is 15.8 Å². The van der Waals surface area contributed by atoms with Gasteiger partial charge in [-0.25, -0.2) is 0 Å². The zero-order valence-electron chi connectivity index (χ0n) is 8.95. The van der Waals surface area contributed by atoms with E-state index in [1.165, 1.54) is 0 Å². The lowest BCUT2D eigenvalue weighted by atomic mass is 9.99. The Labute approximate surface area is 85.2 Å². The third kappa shape index (κ3) is 2.96. The van der Waals surface area contributed by atoms with Gasteiger partial charge in [0.2, 0.25) is 5.91 Å². The smallest absolute Gasteiger partial charge is 0.225 e. The largest absolute Gasteiger partial charge is 0.377 e. The van der Waals surface area contributed by atoms with E-state index in [4.69, 9.17) is 10.5 Å². The average Bonchev–Trinajstić information content (AvgIpc) is 2.61. The van der Waals surface area contributed by atoms with Crippen LogP contribution in [0.5, 0.6) is 0 Å². The topological polar surface area (TPSA) is 64.3 Å². The Morgan fingerprint density at radius 1 is 1.71 bits per heavy atom. The molecule has 0 bridgehead atoms. The van der Waals surface area contributed by atoms with Crippen LogP contribution in [0, 0.1) is 5.92 Å². The zero-order chi connectivity index (χ0) is 10.6. The third-order valence-corrected chi connectivity index (χ3v) is 2.55. The third-order valence-electron chi connectivity index (χ3n) is 2.55. The van der Waals surface area contributed by atoms with Crippen molar-refractivity contribution in [2.24, 2.45) is 11.7 Å². The van der Waals surface area contributed by atoms with Crippen molar-refractivity contribution >= 4 is 5.91 Å². The van der Waals surface area contributed by atoms with Gasteiger partial charge in [-0.15, -0.1) is 0 Å². The lowest BCUT2D eigenvalue weighted by molar-refractivity contribution is -0.126. The van der Waals surface area contributed by atoms with E-state index >= 15 is 0 Å². The maximum atomic E-state index is 11.7. The number of rotatable bonds is 4. The van der Waals surface area contributed by atoms with Crippen LogP contribution in [0.3, 0.4) is 0 Å². The van der Waals surface area contributed by atoms with E-state index in [1.807, 2.05) is 13.8 Å². The molecule has 3 N–H and O–H groups in total. The van der Waals surface area contributed by atoms with Crippen molar-refractivity contribution in [3.63, 3.8) is 0 Å². The van der Waals surface area contributed by atoms with E-state index < -0.39 is 0 Å². The van der Waals surface area contributed by atoms with Crippen LogP contribution in [0.25, 0.3) is 0 Å². The number of amides is 1. The van der Waals surface area contributed by atoms with Gasteiger partial charge >= 0.3 is 0 Å². The summed E-state index contributed by atoms with van der Waals surface area (Å²) >= 11 is 0. The summed E-state index contributed by atoms with van der Waals surface area (Å²) in [5, 5.41) is 2.84. The Kier molecular flexibility index (Phi) is 4.35. The van der Waals surface area contributed by atoms with Gasteiger partial charge in [-0.3, -0.25) is 4.79 Å². The van der Waals surface area contributed by atoms with Crippen LogP contribution in [-0.2, 0) is 9.53 Å². The molecule has 0 saturated carbocycles. The fraction of sp³-hybridized carbons (Fsp3) is 0.900. The minimum Gasteiger partial charge on any atom is -0.377 e. The molecule has 1 aliphatic rings. The highest BCUT2D eigenvalue weighted by atomic mass is 16.5. The van der Waals surface area contributed by atoms with Gasteiger partial charge in [0, 0.05) is 19.2 Å². The van der Waals surface area contributed by atoms with Crippen LogP contribution in [0.1, 0.15) is 26.7 Å². The summed E-state index contributed by atoms with van der Waals surface area (Å²) in [6.07, 6.45) is 1.84. The Hall–Kier alpha value is -0.610. The lowest BCUT2D eigenvalue weighted by Gasteiger charge is -2.17. The van der Waals surface area contributed by atoms with Gasteiger partial charge in [-0.05, 0) is 19.8 Å². The second-order valence-electron chi connectivity index (χ2n) is 3.94. The number of carbonyl (C=O) groups excluding carboxylic acids is 1. The standard InChI is InChI=1S/C10H20N2O2/c1-3-9-8(4-5-14-9)10(13)12-6-7(2)11/h7-9H,3-6,11H2,1-2H3,(H,12,13). The highest BCUT2D eigenvalue weighted by Gasteiger charge is 2.32. The molecular weight excluding hydrogens is 180 g/mol. The number of hydrogen-bond acceptors (Lipinski definition) is 3. The molecule has 3 unspecified atom stereocenters.